The molecule has 1 rings (SSSR count). The molecule has 1 aromatic carbocycles. The van der Waals surface area contributed by atoms with Gasteiger partial charge in [-0.2, -0.15) is 0 Å². The zero-order valence-corrected chi connectivity index (χ0v) is 12.3. The molecule has 0 bridgehead atoms. The van der Waals surface area contributed by atoms with E-state index in [0.717, 1.165) is 18.5 Å². The van der Waals surface area contributed by atoms with Gasteiger partial charge in [-0.05, 0) is 37.0 Å². The van der Waals surface area contributed by atoms with Crippen molar-refractivity contribution in [3.63, 3.8) is 0 Å². The van der Waals surface area contributed by atoms with Gasteiger partial charge in [0.1, 0.15) is 0 Å². The lowest BCUT2D eigenvalue weighted by Gasteiger charge is -2.08. The second-order valence-electron chi connectivity index (χ2n) is 4.58. The van der Waals surface area contributed by atoms with Gasteiger partial charge < -0.3 is 10.6 Å². The van der Waals surface area contributed by atoms with Gasteiger partial charge in [-0.1, -0.05) is 31.9 Å². The van der Waals surface area contributed by atoms with Gasteiger partial charge in [0, 0.05) is 18.1 Å². The summed E-state index contributed by atoms with van der Waals surface area (Å²) in [6, 6.07) is 7.86. The highest BCUT2D eigenvalue weighted by atomic mass is 35.5. The molecule has 0 heterocycles. The lowest BCUT2D eigenvalue weighted by molar-refractivity contribution is 0.252. The minimum absolute atomic E-state index is 0.171. The van der Waals surface area contributed by atoms with Crippen LogP contribution in [-0.4, -0.2) is 18.5 Å². The fourth-order valence-corrected chi connectivity index (χ4v) is 1.96. The van der Waals surface area contributed by atoms with Crippen LogP contribution in [0.4, 0.5) is 10.5 Å². The van der Waals surface area contributed by atoms with Gasteiger partial charge in [-0.15, -0.1) is 11.6 Å². The minimum Gasteiger partial charge on any atom is -0.338 e. The average Bonchev–Trinajstić information content (AvgIpc) is 2.40. The molecule has 2 N–H and O–H groups in total. The number of hydrogen-bond acceptors (Lipinski definition) is 1. The number of hydrogen-bond donors (Lipinski definition) is 2. The molecule has 0 aliphatic carbocycles. The Morgan fingerprint density at radius 3 is 2.84 bits per heavy atom. The van der Waals surface area contributed by atoms with E-state index in [2.05, 4.69) is 23.6 Å². The summed E-state index contributed by atoms with van der Waals surface area (Å²) in [7, 11) is 0. The van der Waals surface area contributed by atoms with Crippen LogP contribution in [0.3, 0.4) is 0 Å². The maximum Gasteiger partial charge on any atom is 0.319 e. The van der Waals surface area contributed by atoms with E-state index in [1.807, 2.05) is 18.2 Å². The van der Waals surface area contributed by atoms with E-state index in [0.29, 0.717) is 12.4 Å². The van der Waals surface area contributed by atoms with Crippen molar-refractivity contribution >= 4 is 23.3 Å². The third-order valence-electron chi connectivity index (χ3n) is 2.85. The zero-order valence-electron chi connectivity index (χ0n) is 11.5. The first-order valence-corrected chi connectivity index (χ1v) is 7.49. The topological polar surface area (TPSA) is 41.1 Å². The van der Waals surface area contributed by atoms with E-state index < -0.39 is 0 Å². The number of halogens is 1. The van der Waals surface area contributed by atoms with E-state index in [-0.39, 0.29) is 6.03 Å². The van der Waals surface area contributed by atoms with Crippen LogP contribution in [0.2, 0.25) is 0 Å². The number of alkyl halides is 1. The number of nitrogens with one attached hydrogen (secondary N) is 2. The summed E-state index contributed by atoms with van der Waals surface area (Å²) in [5.41, 5.74) is 2.12. The molecule has 0 spiro atoms. The largest absolute Gasteiger partial charge is 0.338 e. The highest BCUT2D eigenvalue weighted by Gasteiger charge is 2.01. The quantitative estimate of drug-likeness (QED) is 0.545. The van der Waals surface area contributed by atoms with Crippen LogP contribution in [0.5, 0.6) is 0 Å². The molecular weight excluding hydrogens is 260 g/mol. The Kier molecular flexibility index (Phi) is 8.07. The molecule has 0 aromatic heterocycles. The summed E-state index contributed by atoms with van der Waals surface area (Å²) < 4.78 is 0. The number of carbonyl (C=O) groups is 1. The van der Waals surface area contributed by atoms with Crippen LogP contribution >= 0.6 is 11.6 Å². The van der Waals surface area contributed by atoms with Gasteiger partial charge >= 0.3 is 6.03 Å². The van der Waals surface area contributed by atoms with Crippen LogP contribution < -0.4 is 10.6 Å². The summed E-state index contributed by atoms with van der Waals surface area (Å²) in [6.45, 7) is 2.80. The number of aryl methyl sites for hydroxylation is 1. The summed E-state index contributed by atoms with van der Waals surface area (Å²) in [6.07, 6.45) is 5.52. The Labute approximate surface area is 120 Å². The Bertz CT molecular complexity index is 382. The smallest absolute Gasteiger partial charge is 0.319 e. The Morgan fingerprint density at radius 1 is 1.26 bits per heavy atom. The Balaban J connectivity index is 2.40. The second kappa shape index (κ2) is 9.68. The van der Waals surface area contributed by atoms with Gasteiger partial charge in [0.2, 0.25) is 0 Å². The van der Waals surface area contributed by atoms with Crippen molar-refractivity contribution in [3.8, 4) is 0 Å². The Hall–Kier alpha value is -1.22. The maximum absolute atomic E-state index is 11.6. The molecule has 0 saturated carbocycles. The molecule has 106 valence electrons. The van der Waals surface area contributed by atoms with Crippen LogP contribution in [0, 0.1) is 0 Å². The Morgan fingerprint density at radius 2 is 2.11 bits per heavy atom. The third-order valence-corrected chi connectivity index (χ3v) is 3.12. The molecule has 4 heteroatoms. The second-order valence-corrected chi connectivity index (χ2v) is 4.96. The molecule has 19 heavy (non-hydrogen) atoms. The first-order chi connectivity index (χ1) is 9.26. The summed E-state index contributed by atoms with van der Waals surface area (Å²) in [5, 5.41) is 5.61. The van der Waals surface area contributed by atoms with E-state index in [1.54, 1.807) is 0 Å². The third kappa shape index (κ3) is 7.06. The lowest BCUT2D eigenvalue weighted by Crippen LogP contribution is -2.29. The molecule has 2 amide bonds. The van der Waals surface area contributed by atoms with E-state index >= 15 is 0 Å². The highest BCUT2D eigenvalue weighted by Crippen LogP contribution is 2.13. The van der Waals surface area contributed by atoms with Gasteiger partial charge in [0.25, 0.3) is 0 Å². The molecule has 0 aliphatic rings. The fraction of sp³-hybridized carbons (Fsp3) is 0.533. The lowest BCUT2D eigenvalue weighted by atomic mass is 10.1. The molecule has 0 fully saturated rings. The number of benzene rings is 1. The van der Waals surface area contributed by atoms with Crippen molar-refractivity contribution in [2.45, 2.75) is 39.0 Å². The number of amides is 2. The highest BCUT2D eigenvalue weighted by molar-refractivity contribution is 6.17. The van der Waals surface area contributed by atoms with Crippen LogP contribution in [-0.2, 0) is 6.42 Å². The first-order valence-electron chi connectivity index (χ1n) is 6.96. The molecule has 0 saturated heterocycles. The predicted molar refractivity (Wildman–Crippen MR) is 82.0 cm³/mol. The monoisotopic (exact) mass is 282 g/mol. The van der Waals surface area contributed by atoms with Crippen LogP contribution in [0.25, 0.3) is 0 Å². The minimum atomic E-state index is -0.171. The maximum atomic E-state index is 11.6. The van der Waals surface area contributed by atoms with Gasteiger partial charge in [0.05, 0.1) is 0 Å². The van der Waals surface area contributed by atoms with Crippen molar-refractivity contribution in [2.24, 2.45) is 0 Å². The van der Waals surface area contributed by atoms with Gasteiger partial charge in [-0.25, -0.2) is 4.79 Å². The molecular formula is C15H23ClN2O. The molecule has 0 unspecified atom stereocenters. The van der Waals surface area contributed by atoms with Crippen LogP contribution in [0.15, 0.2) is 24.3 Å². The summed E-state index contributed by atoms with van der Waals surface area (Å²) in [5.74, 6) is 0.563. The summed E-state index contributed by atoms with van der Waals surface area (Å²) >= 11 is 5.55. The van der Waals surface area contributed by atoms with Crippen molar-refractivity contribution in [1.82, 2.24) is 5.32 Å². The fourth-order valence-electron chi connectivity index (χ4n) is 1.83. The normalized spacial score (nSPS) is 10.2. The van der Waals surface area contributed by atoms with Crippen molar-refractivity contribution < 1.29 is 4.79 Å². The van der Waals surface area contributed by atoms with E-state index in [1.165, 1.54) is 24.8 Å². The molecule has 0 radical (unpaired) electrons. The average molecular weight is 283 g/mol. The number of rotatable bonds is 8. The van der Waals surface area contributed by atoms with Gasteiger partial charge in [0.15, 0.2) is 0 Å². The molecule has 1 aromatic rings. The van der Waals surface area contributed by atoms with Crippen molar-refractivity contribution in [2.75, 3.05) is 17.7 Å². The van der Waals surface area contributed by atoms with Gasteiger partial charge in [-0.3, -0.25) is 0 Å². The first kappa shape index (κ1) is 15.8. The zero-order chi connectivity index (χ0) is 13.9. The van der Waals surface area contributed by atoms with Crippen LogP contribution in [0.1, 0.15) is 38.2 Å². The number of anilines is 1. The molecule has 0 atom stereocenters. The summed E-state index contributed by atoms with van der Waals surface area (Å²) in [4.78, 5) is 11.6. The van der Waals surface area contributed by atoms with E-state index in [4.69, 9.17) is 11.6 Å². The molecule has 3 nitrogen and oxygen atoms in total. The number of unbranched alkanes of at least 4 members (excludes halogenated alkanes) is 2. The van der Waals surface area contributed by atoms with E-state index in [9.17, 15) is 4.79 Å². The van der Waals surface area contributed by atoms with Crippen molar-refractivity contribution in [3.05, 3.63) is 29.8 Å². The van der Waals surface area contributed by atoms with Crippen molar-refractivity contribution in [1.29, 1.82) is 0 Å². The SMILES string of the molecule is CCCCCc1cccc(NC(=O)NCCCCl)c1. The number of carbonyl (C=O) groups excluding carboxylic acids is 1. The predicted octanol–water partition coefficient (Wildman–Crippen LogP) is 4.17. The molecule has 0 aliphatic heterocycles. The standard InChI is InChI=1S/C15H23ClN2O/c1-2-3-4-7-13-8-5-9-14(12-13)18-15(19)17-11-6-10-16/h5,8-9,12H,2-4,6-7,10-11H2,1H3,(H2,17,18,19). The number of urea groups is 1.